The fraction of sp³-hybridized carbons (Fsp3) is 0.273. The largest absolute Gasteiger partial charge is 0.433 e. The molecule has 1 aromatic carbocycles. The summed E-state index contributed by atoms with van der Waals surface area (Å²) < 4.78 is 17.6. The van der Waals surface area contributed by atoms with Gasteiger partial charge in [-0.25, -0.2) is 0 Å². The van der Waals surface area contributed by atoms with Crippen molar-refractivity contribution >= 4 is 13.1 Å². The van der Waals surface area contributed by atoms with E-state index in [0.717, 1.165) is 12.0 Å². The van der Waals surface area contributed by atoms with Crippen molar-refractivity contribution in [2.45, 2.75) is 13.3 Å². The second kappa shape index (κ2) is 4.34. The van der Waals surface area contributed by atoms with Gasteiger partial charge in [-0.2, -0.15) is 0 Å². The van der Waals surface area contributed by atoms with E-state index in [-0.39, 0.29) is 11.4 Å². The number of nitrogens with zero attached hydrogens (tertiary/aromatic N) is 1. The molecule has 0 radical (unpaired) electrons. The topological polar surface area (TPSA) is 69.4 Å². The zero-order valence-electron chi connectivity index (χ0n) is 9.33. The quantitative estimate of drug-likeness (QED) is 0.469. The molecule has 1 atom stereocenters. The Hall–Kier alpha value is -1.61. The van der Waals surface area contributed by atoms with Gasteiger partial charge in [0.2, 0.25) is 5.75 Å². The summed E-state index contributed by atoms with van der Waals surface area (Å²) in [7, 11) is -2.88. The van der Waals surface area contributed by atoms with Gasteiger partial charge in [0, 0.05) is 18.0 Å². The van der Waals surface area contributed by atoms with E-state index in [4.69, 9.17) is 4.52 Å². The average Bonchev–Trinajstić information content (AvgIpc) is 2.59. The predicted molar refractivity (Wildman–Crippen MR) is 64.6 cm³/mol. The van der Waals surface area contributed by atoms with Crippen molar-refractivity contribution in [1.82, 2.24) is 0 Å². The molecule has 0 aromatic heterocycles. The maximum Gasteiger partial charge on any atom is 0.311 e. The molecule has 0 saturated heterocycles. The van der Waals surface area contributed by atoms with Crippen LogP contribution in [0.5, 0.6) is 5.75 Å². The molecule has 1 aliphatic rings. The molecular formula is C11H12NO4P. The normalized spacial score (nSPS) is 23.2. The van der Waals surface area contributed by atoms with Crippen LogP contribution in [-0.2, 0) is 4.57 Å². The molecule has 0 aliphatic carbocycles. The zero-order chi connectivity index (χ0) is 12.5. The number of benzene rings is 1. The SMILES string of the molecule is CC1=CP(=O)(Oc2ccccc2[N+](=O)[O-])CC1. The molecule has 90 valence electrons. The number of hydrogen-bond acceptors (Lipinski definition) is 4. The Bertz CT molecular complexity index is 538. The first-order valence-corrected chi connectivity index (χ1v) is 7.08. The first-order chi connectivity index (χ1) is 8.00. The highest BCUT2D eigenvalue weighted by atomic mass is 31.2. The molecule has 0 spiro atoms. The van der Waals surface area contributed by atoms with Crippen LogP contribution in [0.15, 0.2) is 35.7 Å². The summed E-state index contributed by atoms with van der Waals surface area (Å²) in [6.07, 6.45) is 1.14. The lowest BCUT2D eigenvalue weighted by molar-refractivity contribution is -0.385. The third-order valence-electron chi connectivity index (χ3n) is 2.55. The van der Waals surface area contributed by atoms with Crippen molar-refractivity contribution in [1.29, 1.82) is 0 Å². The third-order valence-corrected chi connectivity index (χ3v) is 4.74. The van der Waals surface area contributed by atoms with Crippen LogP contribution in [0, 0.1) is 10.1 Å². The summed E-state index contributed by atoms with van der Waals surface area (Å²) in [5, 5.41) is 10.8. The van der Waals surface area contributed by atoms with Crippen LogP contribution in [0.1, 0.15) is 13.3 Å². The molecule has 17 heavy (non-hydrogen) atoms. The molecule has 6 heteroatoms. The maximum absolute atomic E-state index is 12.2. The molecule has 0 saturated carbocycles. The van der Waals surface area contributed by atoms with Crippen LogP contribution >= 0.6 is 7.37 Å². The molecule has 0 amide bonds. The third kappa shape index (κ3) is 2.56. The lowest BCUT2D eigenvalue weighted by Crippen LogP contribution is -1.96. The second-order valence-corrected chi connectivity index (χ2v) is 6.33. The number of rotatable bonds is 3. The van der Waals surface area contributed by atoms with Crippen LogP contribution in [0.3, 0.4) is 0 Å². The summed E-state index contributed by atoms with van der Waals surface area (Å²) >= 11 is 0. The summed E-state index contributed by atoms with van der Waals surface area (Å²) in [6.45, 7) is 1.88. The molecule has 1 aromatic rings. The van der Waals surface area contributed by atoms with Gasteiger partial charge in [-0.05, 0) is 19.4 Å². The highest BCUT2D eigenvalue weighted by molar-refractivity contribution is 7.63. The summed E-state index contributed by atoms with van der Waals surface area (Å²) in [5.41, 5.74) is 0.854. The Kier molecular flexibility index (Phi) is 3.03. The van der Waals surface area contributed by atoms with Gasteiger partial charge in [-0.1, -0.05) is 17.7 Å². The molecule has 0 fully saturated rings. The van der Waals surface area contributed by atoms with Crippen molar-refractivity contribution in [3.63, 3.8) is 0 Å². The van der Waals surface area contributed by atoms with Gasteiger partial charge in [0.05, 0.1) is 4.92 Å². The van der Waals surface area contributed by atoms with Gasteiger partial charge in [-0.15, -0.1) is 0 Å². The summed E-state index contributed by atoms with van der Waals surface area (Å²) in [4.78, 5) is 10.3. The second-order valence-electron chi connectivity index (χ2n) is 3.99. The molecule has 1 heterocycles. The number of hydrogen-bond donors (Lipinski definition) is 0. The van der Waals surface area contributed by atoms with E-state index in [1.54, 1.807) is 17.9 Å². The molecule has 1 aliphatic heterocycles. The van der Waals surface area contributed by atoms with E-state index in [0.29, 0.717) is 6.16 Å². The lowest BCUT2D eigenvalue weighted by Gasteiger charge is -2.11. The van der Waals surface area contributed by atoms with Crippen LogP contribution in [0.2, 0.25) is 0 Å². The highest BCUT2D eigenvalue weighted by Crippen LogP contribution is 2.55. The number of nitro groups is 1. The standard InChI is InChI=1S/C11H12NO4P/c1-9-6-7-17(15,8-9)16-11-5-3-2-4-10(11)12(13)14/h2-5,8H,6-7H2,1H3. The van der Waals surface area contributed by atoms with Gasteiger partial charge in [-0.3, -0.25) is 14.7 Å². The molecule has 5 nitrogen and oxygen atoms in total. The maximum atomic E-state index is 12.2. The number of para-hydroxylation sites is 2. The van der Waals surface area contributed by atoms with Gasteiger partial charge in [0.25, 0.3) is 7.37 Å². The van der Waals surface area contributed by atoms with Gasteiger partial charge < -0.3 is 4.52 Å². The molecule has 0 N–H and O–H groups in total. The lowest BCUT2D eigenvalue weighted by atomic mass is 10.3. The van der Waals surface area contributed by atoms with Crippen molar-refractivity contribution in [2.75, 3.05) is 6.16 Å². The minimum Gasteiger partial charge on any atom is -0.433 e. The van der Waals surface area contributed by atoms with E-state index in [1.807, 2.05) is 6.92 Å². The van der Waals surface area contributed by atoms with Crippen LogP contribution in [0.25, 0.3) is 0 Å². The first kappa shape index (κ1) is 11.9. The minimum absolute atomic E-state index is 0.0757. The highest BCUT2D eigenvalue weighted by Gasteiger charge is 2.29. The first-order valence-electron chi connectivity index (χ1n) is 5.20. The van der Waals surface area contributed by atoms with E-state index in [1.165, 1.54) is 12.1 Å². The summed E-state index contributed by atoms with van der Waals surface area (Å²) in [5.74, 6) is 1.68. The van der Waals surface area contributed by atoms with Gasteiger partial charge >= 0.3 is 5.69 Å². The van der Waals surface area contributed by atoms with E-state index in [9.17, 15) is 14.7 Å². The Morgan fingerprint density at radius 2 is 2.12 bits per heavy atom. The van der Waals surface area contributed by atoms with Crippen LogP contribution < -0.4 is 4.52 Å². The van der Waals surface area contributed by atoms with E-state index < -0.39 is 12.3 Å². The molecule has 0 bridgehead atoms. The van der Waals surface area contributed by atoms with Gasteiger partial charge in [0.1, 0.15) is 0 Å². The molecule has 1 unspecified atom stereocenters. The monoisotopic (exact) mass is 253 g/mol. The smallest absolute Gasteiger partial charge is 0.311 e. The Morgan fingerprint density at radius 1 is 1.41 bits per heavy atom. The van der Waals surface area contributed by atoms with Crippen LogP contribution in [0.4, 0.5) is 5.69 Å². The molecular weight excluding hydrogens is 241 g/mol. The average molecular weight is 253 g/mol. The fourth-order valence-corrected chi connectivity index (χ4v) is 3.95. The number of nitro benzene ring substituents is 1. The minimum atomic E-state index is -2.88. The Morgan fingerprint density at radius 3 is 2.71 bits per heavy atom. The Labute approximate surface area is 98.7 Å². The Balaban J connectivity index is 2.31. The van der Waals surface area contributed by atoms with E-state index >= 15 is 0 Å². The summed E-state index contributed by atoms with van der Waals surface area (Å²) in [6, 6.07) is 5.99. The van der Waals surface area contributed by atoms with Crippen molar-refractivity contribution < 1.29 is 14.0 Å². The number of allylic oxidation sites excluding steroid dienone is 1. The fourth-order valence-electron chi connectivity index (χ4n) is 1.72. The van der Waals surface area contributed by atoms with Crippen molar-refractivity contribution in [3.05, 3.63) is 45.8 Å². The predicted octanol–water partition coefficient (Wildman–Crippen LogP) is 3.56. The van der Waals surface area contributed by atoms with Crippen LogP contribution in [-0.4, -0.2) is 11.1 Å². The van der Waals surface area contributed by atoms with E-state index in [2.05, 4.69) is 0 Å². The zero-order valence-corrected chi connectivity index (χ0v) is 10.2. The van der Waals surface area contributed by atoms with Gasteiger partial charge in [0.15, 0.2) is 0 Å². The molecule has 2 rings (SSSR count). The van der Waals surface area contributed by atoms with Crippen molar-refractivity contribution in [3.8, 4) is 5.75 Å². The van der Waals surface area contributed by atoms with Crippen molar-refractivity contribution in [2.24, 2.45) is 0 Å².